The van der Waals surface area contributed by atoms with E-state index in [2.05, 4.69) is 5.32 Å². The molecule has 0 spiro atoms. The summed E-state index contributed by atoms with van der Waals surface area (Å²) >= 11 is 0. The van der Waals surface area contributed by atoms with Gasteiger partial charge in [-0.1, -0.05) is 12.8 Å². The smallest absolute Gasteiger partial charge is 0.154 e. The minimum Gasteiger partial charge on any atom is -0.316 e. The van der Waals surface area contributed by atoms with Crippen molar-refractivity contribution >= 4 is 9.84 Å². The number of sulfone groups is 1. The molecule has 0 aromatic carbocycles. The molecule has 1 atom stereocenters. The van der Waals surface area contributed by atoms with E-state index < -0.39 is 9.84 Å². The molecule has 1 saturated carbocycles. The summed E-state index contributed by atoms with van der Waals surface area (Å²) in [5.74, 6) is 0.286. The van der Waals surface area contributed by atoms with Gasteiger partial charge >= 0.3 is 0 Å². The lowest BCUT2D eigenvalue weighted by Gasteiger charge is -2.15. The molecule has 0 aromatic heterocycles. The van der Waals surface area contributed by atoms with Gasteiger partial charge in [0.2, 0.25) is 0 Å². The third-order valence-electron chi connectivity index (χ3n) is 2.79. The molecule has 4 heteroatoms. The summed E-state index contributed by atoms with van der Waals surface area (Å²) in [6.45, 7) is 1.91. The molecule has 0 amide bonds. The third-order valence-corrected chi connectivity index (χ3v) is 5.24. The molecule has 13 heavy (non-hydrogen) atoms. The van der Waals surface area contributed by atoms with E-state index in [1.807, 2.05) is 6.92 Å². The van der Waals surface area contributed by atoms with Crippen LogP contribution >= 0.6 is 0 Å². The monoisotopic (exact) mass is 205 g/mol. The highest BCUT2D eigenvalue weighted by Crippen LogP contribution is 2.25. The van der Waals surface area contributed by atoms with Crippen molar-refractivity contribution in [3.8, 4) is 0 Å². The molecule has 0 heterocycles. The van der Waals surface area contributed by atoms with Gasteiger partial charge in [0.05, 0.1) is 11.0 Å². The molecule has 0 bridgehead atoms. The molecule has 78 valence electrons. The zero-order valence-corrected chi connectivity index (χ0v) is 9.23. The van der Waals surface area contributed by atoms with Crippen LogP contribution in [0.1, 0.15) is 32.6 Å². The van der Waals surface area contributed by atoms with Gasteiger partial charge in [0.25, 0.3) is 0 Å². The second kappa shape index (κ2) is 4.42. The molecule has 0 aliphatic heterocycles. The summed E-state index contributed by atoms with van der Waals surface area (Å²) in [4.78, 5) is 0. The molecule has 1 rings (SSSR count). The van der Waals surface area contributed by atoms with Crippen LogP contribution in [0, 0.1) is 0 Å². The van der Waals surface area contributed by atoms with Crippen LogP contribution in [0.2, 0.25) is 0 Å². The zero-order chi connectivity index (χ0) is 9.90. The quantitative estimate of drug-likeness (QED) is 0.743. The first-order chi connectivity index (χ1) is 6.06. The molecule has 3 nitrogen and oxygen atoms in total. The van der Waals surface area contributed by atoms with Gasteiger partial charge in [-0.05, 0) is 26.8 Å². The van der Waals surface area contributed by atoms with Crippen LogP contribution in [0.4, 0.5) is 0 Å². The van der Waals surface area contributed by atoms with E-state index in [0.717, 1.165) is 25.7 Å². The minimum atomic E-state index is -2.83. The van der Waals surface area contributed by atoms with E-state index in [9.17, 15) is 8.42 Å². The predicted octanol–water partition coefficient (Wildman–Crippen LogP) is 0.952. The van der Waals surface area contributed by atoms with Crippen molar-refractivity contribution in [2.24, 2.45) is 0 Å². The fourth-order valence-electron chi connectivity index (χ4n) is 1.82. The molecule has 0 saturated heterocycles. The number of hydrogen-bond donors (Lipinski definition) is 1. The normalized spacial score (nSPS) is 22.0. The van der Waals surface area contributed by atoms with Gasteiger partial charge < -0.3 is 5.32 Å². The molecule has 1 aliphatic carbocycles. The Morgan fingerprint density at radius 3 is 2.38 bits per heavy atom. The highest BCUT2D eigenvalue weighted by atomic mass is 32.2. The van der Waals surface area contributed by atoms with Gasteiger partial charge in [0.1, 0.15) is 0 Å². The number of nitrogens with one attached hydrogen (secondary N) is 1. The Hall–Kier alpha value is -0.0900. The Kier molecular flexibility index (Phi) is 3.74. The Labute approximate surface area is 80.8 Å². The highest BCUT2D eigenvalue weighted by molar-refractivity contribution is 7.92. The van der Waals surface area contributed by atoms with E-state index in [-0.39, 0.29) is 17.0 Å². The maximum absolute atomic E-state index is 11.8. The van der Waals surface area contributed by atoms with Crippen molar-refractivity contribution in [1.82, 2.24) is 5.32 Å². The Morgan fingerprint density at radius 2 is 1.92 bits per heavy atom. The third kappa shape index (κ3) is 2.95. The first kappa shape index (κ1) is 11.0. The summed E-state index contributed by atoms with van der Waals surface area (Å²) < 4.78 is 23.5. The second-order valence-corrected chi connectivity index (χ2v) is 6.25. The van der Waals surface area contributed by atoms with Crippen LogP contribution in [0.25, 0.3) is 0 Å². The van der Waals surface area contributed by atoms with Crippen molar-refractivity contribution in [3.05, 3.63) is 0 Å². The minimum absolute atomic E-state index is 0.0525. The molecule has 0 radical (unpaired) electrons. The lowest BCUT2D eigenvalue weighted by Crippen LogP contribution is -2.34. The Bertz CT molecular complexity index is 242. The molecule has 1 aliphatic rings. The van der Waals surface area contributed by atoms with E-state index >= 15 is 0 Å². The van der Waals surface area contributed by atoms with Crippen molar-refractivity contribution in [2.45, 2.75) is 43.9 Å². The average molecular weight is 205 g/mol. The van der Waals surface area contributed by atoms with Gasteiger partial charge in [-0.15, -0.1) is 0 Å². The molecule has 1 fully saturated rings. The van der Waals surface area contributed by atoms with Gasteiger partial charge in [0.15, 0.2) is 9.84 Å². The van der Waals surface area contributed by atoms with E-state index in [1.165, 1.54) is 0 Å². The topological polar surface area (TPSA) is 46.2 Å². The van der Waals surface area contributed by atoms with Crippen LogP contribution in [-0.4, -0.2) is 32.5 Å². The maximum atomic E-state index is 11.8. The van der Waals surface area contributed by atoms with Gasteiger partial charge in [0, 0.05) is 6.04 Å². The fraction of sp³-hybridized carbons (Fsp3) is 1.00. The van der Waals surface area contributed by atoms with Crippen molar-refractivity contribution in [2.75, 3.05) is 12.8 Å². The van der Waals surface area contributed by atoms with Crippen molar-refractivity contribution in [3.63, 3.8) is 0 Å². The molecule has 1 N–H and O–H groups in total. The number of rotatable bonds is 4. The van der Waals surface area contributed by atoms with E-state index in [1.54, 1.807) is 7.05 Å². The second-order valence-electron chi connectivity index (χ2n) is 3.93. The van der Waals surface area contributed by atoms with Gasteiger partial charge in [-0.25, -0.2) is 8.42 Å². The summed E-state index contributed by atoms with van der Waals surface area (Å²) in [6.07, 6.45) is 3.91. The fourth-order valence-corrected chi connectivity index (χ4v) is 4.00. The summed E-state index contributed by atoms with van der Waals surface area (Å²) in [6, 6.07) is 0.0746. The lowest BCUT2D eigenvalue weighted by molar-refractivity contribution is 0.563. The van der Waals surface area contributed by atoms with E-state index in [4.69, 9.17) is 0 Å². The average Bonchev–Trinajstić information content (AvgIpc) is 2.55. The first-order valence-corrected chi connectivity index (χ1v) is 6.66. The maximum Gasteiger partial charge on any atom is 0.154 e. The van der Waals surface area contributed by atoms with Crippen LogP contribution in [0.3, 0.4) is 0 Å². The van der Waals surface area contributed by atoms with Gasteiger partial charge in [-0.2, -0.15) is 0 Å². The molecule has 1 unspecified atom stereocenters. The Morgan fingerprint density at radius 1 is 1.38 bits per heavy atom. The molecular weight excluding hydrogens is 186 g/mol. The standard InChI is InChI=1S/C9H19NO2S/c1-8(10-2)7-13(11,12)9-5-3-4-6-9/h8-10H,3-7H2,1-2H3. The van der Waals surface area contributed by atoms with Crippen LogP contribution in [0.15, 0.2) is 0 Å². The SMILES string of the molecule is CNC(C)CS(=O)(=O)C1CCCC1. The molecule has 0 aromatic rings. The van der Waals surface area contributed by atoms with E-state index in [0.29, 0.717) is 0 Å². The Balaban J connectivity index is 2.54. The summed E-state index contributed by atoms with van der Waals surface area (Å²) in [7, 11) is -1.03. The first-order valence-electron chi connectivity index (χ1n) is 4.95. The summed E-state index contributed by atoms with van der Waals surface area (Å²) in [5.41, 5.74) is 0. The van der Waals surface area contributed by atoms with Crippen LogP contribution < -0.4 is 5.32 Å². The summed E-state index contributed by atoms with van der Waals surface area (Å²) in [5, 5.41) is 2.91. The van der Waals surface area contributed by atoms with Gasteiger partial charge in [-0.3, -0.25) is 0 Å². The predicted molar refractivity (Wildman–Crippen MR) is 54.6 cm³/mol. The lowest BCUT2D eigenvalue weighted by atomic mass is 10.4. The number of hydrogen-bond acceptors (Lipinski definition) is 3. The van der Waals surface area contributed by atoms with Crippen LogP contribution in [0.5, 0.6) is 0 Å². The zero-order valence-electron chi connectivity index (χ0n) is 8.41. The highest BCUT2D eigenvalue weighted by Gasteiger charge is 2.29. The van der Waals surface area contributed by atoms with Crippen molar-refractivity contribution in [1.29, 1.82) is 0 Å². The van der Waals surface area contributed by atoms with Crippen molar-refractivity contribution < 1.29 is 8.42 Å². The van der Waals surface area contributed by atoms with Crippen LogP contribution in [-0.2, 0) is 9.84 Å². The molecular formula is C9H19NO2S. The largest absolute Gasteiger partial charge is 0.316 e.